The molecule has 3 N–H and O–H groups in total. The van der Waals surface area contributed by atoms with Crippen molar-refractivity contribution in [1.29, 1.82) is 0 Å². The summed E-state index contributed by atoms with van der Waals surface area (Å²) in [5, 5.41) is 14.9. The van der Waals surface area contributed by atoms with Crippen LogP contribution >= 0.6 is 0 Å². The van der Waals surface area contributed by atoms with E-state index in [0.29, 0.717) is 6.42 Å². The van der Waals surface area contributed by atoms with Gasteiger partial charge < -0.3 is 20.6 Å². The Morgan fingerprint density at radius 3 is 2.57 bits per heavy atom. The molecule has 118 valence electrons. The number of carbonyl (C=O) groups excluding carboxylic acids is 1. The van der Waals surface area contributed by atoms with E-state index in [0.717, 1.165) is 17.9 Å². The minimum Gasteiger partial charge on any atom is -0.396 e. The Hall–Kier alpha value is -1.75. The third kappa shape index (κ3) is 5.27. The minimum atomic E-state index is -0.237. The molecule has 0 bridgehead atoms. The molecule has 5 heteroatoms. The Kier molecular flexibility index (Phi) is 7.02. The van der Waals surface area contributed by atoms with Crippen LogP contribution in [-0.4, -0.2) is 37.4 Å². The van der Waals surface area contributed by atoms with Crippen LogP contribution in [-0.2, 0) is 0 Å². The zero-order valence-electron chi connectivity index (χ0n) is 13.4. The number of benzene rings is 1. The number of aliphatic hydroxyl groups excluding tert-OH is 1. The largest absolute Gasteiger partial charge is 0.396 e. The molecule has 1 rings (SSSR count). The second-order valence-electron chi connectivity index (χ2n) is 5.49. The first kappa shape index (κ1) is 17.3. The van der Waals surface area contributed by atoms with E-state index in [1.807, 2.05) is 45.2 Å². The topological polar surface area (TPSA) is 64.6 Å². The summed E-state index contributed by atoms with van der Waals surface area (Å²) in [6, 6.07) is 7.44. The van der Waals surface area contributed by atoms with Crippen LogP contribution < -0.4 is 15.5 Å². The maximum Gasteiger partial charge on any atom is 0.319 e. The summed E-state index contributed by atoms with van der Waals surface area (Å²) in [5.74, 6) is 0.274. The van der Waals surface area contributed by atoms with E-state index in [4.69, 9.17) is 5.11 Å². The van der Waals surface area contributed by atoms with Crippen LogP contribution in [0.5, 0.6) is 0 Å². The molecule has 21 heavy (non-hydrogen) atoms. The molecule has 1 aromatic carbocycles. The number of aliphatic hydroxyl groups is 1. The molecule has 1 atom stereocenters. The maximum absolute atomic E-state index is 12.1. The van der Waals surface area contributed by atoms with Crippen molar-refractivity contribution in [2.45, 2.75) is 33.2 Å². The van der Waals surface area contributed by atoms with Crippen molar-refractivity contribution in [2.75, 3.05) is 30.4 Å². The Morgan fingerprint density at radius 2 is 2.00 bits per heavy atom. The molecule has 1 aromatic rings. The van der Waals surface area contributed by atoms with Gasteiger partial charge in [0.25, 0.3) is 0 Å². The van der Waals surface area contributed by atoms with Crippen molar-refractivity contribution >= 4 is 17.4 Å². The number of hydrogen-bond acceptors (Lipinski definition) is 3. The zero-order valence-corrected chi connectivity index (χ0v) is 13.4. The number of para-hydroxylation sites is 2. The van der Waals surface area contributed by atoms with Crippen molar-refractivity contribution in [3.8, 4) is 0 Å². The molecule has 5 nitrogen and oxygen atoms in total. The van der Waals surface area contributed by atoms with Gasteiger partial charge in [0, 0.05) is 26.2 Å². The molecule has 0 spiro atoms. The van der Waals surface area contributed by atoms with Crippen LogP contribution in [0.15, 0.2) is 24.3 Å². The third-order valence-corrected chi connectivity index (χ3v) is 3.60. The Labute approximate surface area is 127 Å². The summed E-state index contributed by atoms with van der Waals surface area (Å²) in [6.07, 6.45) is 0.557. The lowest BCUT2D eigenvalue weighted by Crippen LogP contribution is -2.41. The zero-order chi connectivity index (χ0) is 15.8. The van der Waals surface area contributed by atoms with E-state index in [2.05, 4.69) is 22.5 Å². The third-order valence-electron chi connectivity index (χ3n) is 3.60. The monoisotopic (exact) mass is 293 g/mol. The van der Waals surface area contributed by atoms with Crippen molar-refractivity contribution < 1.29 is 9.90 Å². The van der Waals surface area contributed by atoms with Crippen molar-refractivity contribution in [3.05, 3.63) is 24.3 Å². The Balaban J connectivity index is 2.74. The number of rotatable bonds is 7. The summed E-state index contributed by atoms with van der Waals surface area (Å²) in [6.45, 7) is 7.05. The SMILES string of the molecule is CCN(C)c1ccccc1NC(=O)N[C@@H](CCO)C(C)C. The van der Waals surface area contributed by atoms with Crippen molar-refractivity contribution in [3.63, 3.8) is 0 Å². The lowest BCUT2D eigenvalue weighted by atomic mass is 10.0. The van der Waals surface area contributed by atoms with Gasteiger partial charge in [0.2, 0.25) is 0 Å². The lowest BCUT2D eigenvalue weighted by Gasteiger charge is -2.24. The summed E-state index contributed by atoms with van der Waals surface area (Å²) >= 11 is 0. The first-order valence-corrected chi connectivity index (χ1v) is 7.48. The highest BCUT2D eigenvalue weighted by Gasteiger charge is 2.16. The number of urea groups is 1. The van der Waals surface area contributed by atoms with Gasteiger partial charge in [0.1, 0.15) is 0 Å². The number of anilines is 2. The van der Waals surface area contributed by atoms with E-state index in [1.54, 1.807) is 0 Å². The molecular formula is C16H27N3O2. The van der Waals surface area contributed by atoms with Gasteiger partial charge in [-0.1, -0.05) is 26.0 Å². The second kappa shape index (κ2) is 8.52. The van der Waals surface area contributed by atoms with Gasteiger partial charge in [-0.2, -0.15) is 0 Å². The fourth-order valence-corrected chi connectivity index (χ4v) is 2.12. The Bertz CT molecular complexity index is 449. The predicted octanol–water partition coefficient (Wildman–Crippen LogP) is 2.67. The molecule has 0 aromatic heterocycles. The number of hydrogen-bond donors (Lipinski definition) is 3. The molecule has 2 amide bonds. The predicted molar refractivity (Wildman–Crippen MR) is 87.9 cm³/mol. The van der Waals surface area contributed by atoms with Gasteiger partial charge >= 0.3 is 6.03 Å². The number of nitrogens with one attached hydrogen (secondary N) is 2. The maximum atomic E-state index is 12.1. The van der Waals surface area contributed by atoms with Gasteiger partial charge in [0.05, 0.1) is 11.4 Å². The molecule has 0 saturated carbocycles. The van der Waals surface area contributed by atoms with Crippen LogP contribution in [0, 0.1) is 5.92 Å². The van der Waals surface area contributed by atoms with Gasteiger partial charge in [0.15, 0.2) is 0 Å². The first-order valence-electron chi connectivity index (χ1n) is 7.48. The average Bonchev–Trinajstić information content (AvgIpc) is 2.46. The quantitative estimate of drug-likeness (QED) is 0.724. The molecule has 0 aliphatic rings. The summed E-state index contributed by atoms with van der Waals surface area (Å²) in [7, 11) is 1.99. The van der Waals surface area contributed by atoms with Crippen LogP contribution in [0.2, 0.25) is 0 Å². The van der Waals surface area contributed by atoms with E-state index >= 15 is 0 Å². The highest BCUT2D eigenvalue weighted by molar-refractivity contribution is 5.93. The number of amides is 2. The van der Waals surface area contributed by atoms with E-state index < -0.39 is 0 Å². The highest BCUT2D eigenvalue weighted by atomic mass is 16.3. The van der Waals surface area contributed by atoms with Gasteiger partial charge in [-0.05, 0) is 31.4 Å². The molecule has 0 heterocycles. The van der Waals surface area contributed by atoms with Gasteiger partial charge in [-0.15, -0.1) is 0 Å². The smallest absolute Gasteiger partial charge is 0.319 e. The van der Waals surface area contributed by atoms with Gasteiger partial charge in [-0.25, -0.2) is 4.79 Å². The number of nitrogens with zero attached hydrogens (tertiary/aromatic N) is 1. The fourth-order valence-electron chi connectivity index (χ4n) is 2.12. The van der Waals surface area contributed by atoms with Gasteiger partial charge in [-0.3, -0.25) is 0 Å². The highest BCUT2D eigenvalue weighted by Crippen LogP contribution is 2.24. The van der Waals surface area contributed by atoms with E-state index in [9.17, 15) is 4.79 Å². The number of carbonyl (C=O) groups is 1. The summed E-state index contributed by atoms with van der Waals surface area (Å²) < 4.78 is 0. The molecule has 0 aliphatic carbocycles. The van der Waals surface area contributed by atoms with E-state index in [1.165, 1.54) is 0 Å². The first-order chi connectivity index (χ1) is 9.99. The lowest BCUT2D eigenvalue weighted by molar-refractivity contribution is 0.227. The van der Waals surface area contributed by atoms with Crippen molar-refractivity contribution in [1.82, 2.24) is 5.32 Å². The van der Waals surface area contributed by atoms with Crippen LogP contribution in [0.4, 0.5) is 16.2 Å². The fraction of sp³-hybridized carbons (Fsp3) is 0.562. The van der Waals surface area contributed by atoms with Crippen LogP contribution in [0.25, 0.3) is 0 Å². The van der Waals surface area contributed by atoms with Crippen LogP contribution in [0.3, 0.4) is 0 Å². The van der Waals surface area contributed by atoms with Crippen molar-refractivity contribution in [2.24, 2.45) is 5.92 Å². The molecule has 0 saturated heterocycles. The molecule has 0 unspecified atom stereocenters. The summed E-state index contributed by atoms with van der Waals surface area (Å²) in [4.78, 5) is 14.2. The average molecular weight is 293 g/mol. The van der Waals surface area contributed by atoms with Crippen LogP contribution in [0.1, 0.15) is 27.2 Å². The molecule has 0 radical (unpaired) electrons. The second-order valence-corrected chi connectivity index (χ2v) is 5.49. The summed E-state index contributed by atoms with van der Waals surface area (Å²) in [5.41, 5.74) is 1.77. The normalized spacial score (nSPS) is 12.1. The Morgan fingerprint density at radius 1 is 1.33 bits per heavy atom. The molecule has 0 aliphatic heterocycles. The molecule has 0 fully saturated rings. The minimum absolute atomic E-state index is 0.0360. The standard InChI is InChI=1S/C16H27N3O2/c1-5-19(4)15-9-7-6-8-14(15)18-16(21)17-13(10-11-20)12(2)3/h6-9,12-13,20H,5,10-11H2,1-4H3,(H2,17,18,21)/t13-/m0/s1. The molecular weight excluding hydrogens is 266 g/mol. The van der Waals surface area contributed by atoms with E-state index in [-0.39, 0.29) is 24.6 Å².